The lowest BCUT2D eigenvalue weighted by atomic mass is 10.3. The summed E-state index contributed by atoms with van der Waals surface area (Å²) in [5.41, 5.74) is 0.357. The molecule has 0 aromatic heterocycles. The quantitative estimate of drug-likeness (QED) is 0.751. The summed E-state index contributed by atoms with van der Waals surface area (Å²) in [6.07, 6.45) is 1.98. The number of nitrogens with one attached hydrogen (secondary N) is 2. The molecule has 2 aromatic carbocycles. The number of likely N-dealkylation sites (tertiary alicyclic amines) is 1. The Morgan fingerprint density at radius 3 is 2.35 bits per heavy atom. The molecule has 1 saturated heterocycles. The zero-order valence-corrected chi connectivity index (χ0v) is 16.1. The fraction of sp³-hybridized carbons (Fsp3) is 0.235. The minimum atomic E-state index is -3.94. The van der Waals surface area contributed by atoms with E-state index in [9.17, 15) is 17.6 Å². The molecule has 9 heteroatoms. The lowest BCUT2D eigenvalue weighted by Gasteiger charge is -2.16. The van der Waals surface area contributed by atoms with Crippen LogP contribution in [-0.4, -0.2) is 32.4 Å². The molecule has 2 aromatic rings. The predicted octanol–water partition coefficient (Wildman–Crippen LogP) is 4.02. The Labute approximate surface area is 159 Å². The Morgan fingerprint density at radius 2 is 1.73 bits per heavy atom. The van der Waals surface area contributed by atoms with Gasteiger partial charge in [0.25, 0.3) is 10.0 Å². The second-order valence-electron chi connectivity index (χ2n) is 5.88. The van der Waals surface area contributed by atoms with Gasteiger partial charge in [0.1, 0.15) is 5.82 Å². The van der Waals surface area contributed by atoms with Gasteiger partial charge in [-0.15, -0.1) is 0 Å². The molecular weight excluding hydrogens is 425 g/mol. The van der Waals surface area contributed by atoms with Crippen molar-refractivity contribution in [1.29, 1.82) is 0 Å². The lowest BCUT2D eigenvalue weighted by molar-refractivity contribution is 0.222. The van der Waals surface area contributed by atoms with Gasteiger partial charge in [-0.05, 0) is 55.3 Å². The highest BCUT2D eigenvalue weighted by molar-refractivity contribution is 9.10. The van der Waals surface area contributed by atoms with E-state index in [1.54, 1.807) is 4.90 Å². The maximum atomic E-state index is 13.8. The van der Waals surface area contributed by atoms with E-state index in [2.05, 4.69) is 26.0 Å². The van der Waals surface area contributed by atoms with Gasteiger partial charge in [0.15, 0.2) is 0 Å². The zero-order chi connectivity index (χ0) is 18.7. The van der Waals surface area contributed by atoms with E-state index < -0.39 is 15.8 Å². The third-order valence-electron chi connectivity index (χ3n) is 3.98. The maximum Gasteiger partial charge on any atom is 0.321 e. The minimum Gasteiger partial charge on any atom is -0.325 e. The minimum absolute atomic E-state index is 0.0287. The topological polar surface area (TPSA) is 78.5 Å². The summed E-state index contributed by atoms with van der Waals surface area (Å²) >= 11 is 3.12. The number of urea groups is 1. The van der Waals surface area contributed by atoms with Crippen LogP contribution >= 0.6 is 15.9 Å². The van der Waals surface area contributed by atoms with Crippen molar-refractivity contribution in [3.8, 4) is 0 Å². The summed E-state index contributed by atoms with van der Waals surface area (Å²) in [5.74, 6) is -0.683. The number of halogens is 2. The van der Waals surface area contributed by atoms with Crippen LogP contribution in [0.2, 0.25) is 0 Å². The Bertz CT molecular complexity index is 913. The van der Waals surface area contributed by atoms with Crippen molar-refractivity contribution in [2.75, 3.05) is 23.1 Å². The molecule has 0 atom stereocenters. The summed E-state index contributed by atoms with van der Waals surface area (Å²) in [4.78, 5) is 13.7. The number of carbonyl (C=O) groups is 1. The van der Waals surface area contributed by atoms with E-state index in [-0.39, 0.29) is 16.6 Å². The van der Waals surface area contributed by atoms with Gasteiger partial charge in [-0.3, -0.25) is 4.72 Å². The highest BCUT2D eigenvalue weighted by atomic mass is 79.9. The van der Waals surface area contributed by atoms with Gasteiger partial charge in [-0.25, -0.2) is 17.6 Å². The zero-order valence-electron chi connectivity index (χ0n) is 13.7. The first-order chi connectivity index (χ1) is 12.3. The van der Waals surface area contributed by atoms with E-state index in [1.165, 1.54) is 42.5 Å². The van der Waals surface area contributed by atoms with Gasteiger partial charge in [-0.1, -0.05) is 15.9 Å². The number of anilines is 2. The fourth-order valence-electron chi connectivity index (χ4n) is 2.62. The van der Waals surface area contributed by atoms with Crippen LogP contribution in [0.4, 0.5) is 20.6 Å². The van der Waals surface area contributed by atoms with Crippen LogP contribution in [0.5, 0.6) is 0 Å². The summed E-state index contributed by atoms with van der Waals surface area (Å²) in [7, 11) is -3.94. The number of hydrogen-bond acceptors (Lipinski definition) is 3. The Morgan fingerprint density at radius 1 is 1.08 bits per heavy atom. The number of amides is 2. The average Bonchev–Trinajstić information content (AvgIpc) is 3.13. The Kier molecular flexibility index (Phi) is 5.47. The molecule has 1 heterocycles. The Balaban J connectivity index is 1.71. The number of benzene rings is 2. The molecule has 6 nitrogen and oxygen atoms in total. The SMILES string of the molecule is O=C(Nc1ccc(S(=O)(=O)Nc2ccc(Br)cc2F)cc1)N1CCCC1. The third-order valence-corrected chi connectivity index (χ3v) is 5.86. The summed E-state index contributed by atoms with van der Waals surface area (Å²) < 4.78 is 41.4. The van der Waals surface area contributed by atoms with Crippen LogP contribution < -0.4 is 10.0 Å². The molecule has 3 rings (SSSR count). The van der Waals surface area contributed by atoms with E-state index in [0.29, 0.717) is 10.2 Å². The average molecular weight is 442 g/mol. The number of carbonyl (C=O) groups excluding carboxylic acids is 1. The molecule has 1 aliphatic heterocycles. The van der Waals surface area contributed by atoms with E-state index >= 15 is 0 Å². The van der Waals surface area contributed by atoms with Crippen LogP contribution in [0, 0.1) is 5.82 Å². The molecule has 0 aliphatic carbocycles. The third kappa shape index (κ3) is 4.34. The standard InChI is InChI=1S/C17H17BrFN3O3S/c18-12-3-8-16(15(19)11-12)21-26(24,25)14-6-4-13(5-7-14)20-17(23)22-9-1-2-10-22/h3-8,11,21H,1-2,9-10H2,(H,20,23). The van der Waals surface area contributed by atoms with Crippen molar-refractivity contribution in [2.24, 2.45) is 0 Å². The molecular formula is C17H17BrFN3O3S. The van der Waals surface area contributed by atoms with Crippen molar-refractivity contribution in [3.63, 3.8) is 0 Å². The van der Waals surface area contributed by atoms with Crippen molar-refractivity contribution >= 4 is 43.4 Å². The van der Waals surface area contributed by atoms with Crippen LogP contribution in [0.1, 0.15) is 12.8 Å². The molecule has 26 heavy (non-hydrogen) atoms. The molecule has 0 bridgehead atoms. The van der Waals surface area contributed by atoms with Crippen molar-refractivity contribution in [3.05, 3.63) is 52.8 Å². The number of sulfonamides is 1. The maximum absolute atomic E-state index is 13.8. The molecule has 0 saturated carbocycles. The predicted molar refractivity (Wildman–Crippen MR) is 101 cm³/mol. The Hall–Kier alpha value is -2.13. The van der Waals surface area contributed by atoms with Gasteiger partial charge in [0.2, 0.25) is 0 Å². The molecule has 1 aliphatic rings. The number of nitrogens with zero attached hydrogens (tertiary/aromatic N) is 1. The largest absolute Gasteiger partial charge is 0.325 e. The fourth-order valence-corrected chi connectivity index (χ4v) is 4.02. The van der Waals surface area contributed by atoms with Gasteiger partial charge < -0.3 is 10.2 Å². The molecule has 138 valence electrons. The lowest BCUT2D eigenvalue weighted by Crippen LogP contribution is -2.32. The normalized spacial score (nSPS) is 14.3. The van der Waals surface area contributed by atoms with Crippen molar-refractivity contribution in [1.82, 2.24) is 4.90 Å². The van der Waals surface area contributed by atoms with E-state index in [1.807, 2.05) is 0 Å². The summed E-state index contributed by atoms with van der Waals surface area (Å²) in [6, 6.07) is 9.57. The summed E-state index contributed by atoms with van der Waals surface area (Å²) in [6.45, 7) is 1.45. The van der Waals surface area contributed by atoms with E-state index in [4.69, 9.17) is 0 Å². The first-order valence-electron chi connectivity index (χ1n) is 7.99. The monoisotopic (exact) mass is 441 g/mol. The second kappa shape index (κ2) is 7.63. The van der Waals surface area contributed by atoms with Crippen molar-refractivity contribution in [2.45, 2.75) is 17.7 Å². The van der Waals surface area contributed by atoms with Crippen LogP contribution in [0.3, 0.4) is 0 Å². The number of rotatable bonds is 4. The molecule has 0 unspecified atom stereocenters. The molecule has 2 N–H and O–H groups in total. The molecule has 0 radical (unpaired) electrons. The smallest absolute Gasteiger partial charge is 0.321 e. The number of hydrogen-bond donors (Lipinski definition) is 2. The van der Waals surface area contributed by atoms with Gasteiger partial charge in [0, 0.05) is 23.2 Å². The van der Waals surface area contributed by atoms with Crippen LogP contribution in [0.15, 0.2) is 51.8 Å². The highest BCUT2D eigenvalue weighted by Crippen LogP contribution is 2.23. The van der Waals surface area contributed by atoms with Crippen LogP contribution in [-0.2, 0) is 10.0 Å². The van der Waals surface area contributed by atoms with Gasteiger partial charge >= 0.3 is 6.03 Å². The van der Waals surface area contributed by atoms with E-state index in [0.717, 1.165) is 25.9 Å². The van der Waals surface area contributed by atoms with Crippen molar-refractivity contribution < 1.29 is 17.6 Å². The molecule has 2 amide bonds. The highest BCUT2D eigenvalue weighted by Gasteiger charge is 2.19. The first kappa shape index (κ1) is 18.7. The first-order valence-corrected chi connectivity index (χ1v) is 10.3. The summed E-state index contributed by atoms with van der Waals surface area (Å²) in [5, 5.41) is 2.73. The van der Waals surface area contributed by atoms with Crippen LogP contribution in [0.25, 0.3) is 0 Å². The van der Waals surface area contributed by atoms with Gasteiger partial charge in [0.05, 0.1) is 10.6 Å². The molecule has 0 spiro atoms. The van der Waals surface area contributed by atoms with Gasteiger partial charge in [-0.2, -0.15) is 0 Å². The molecule has 1 fully saturated rings. The second-order valence-corrected chi connectivity index (χ2v) is 8.48.